The number of aryl methyl sites for hydroxylation is 2. The third-order valence-corrected chi connectivity index (χ3v) is 7.26. The summed E-state index contributed by atoms with van der Waals surface area (Å²) in [6, 6.07) is 12.3. The normalized spacial score (nSPS) is 12.3. The van der Waals surface area contributed by atoms with E-state index in [0.717, 1.165) is 22.9 Å². The molecule has 0 aliphatic carbocycles. The first-order valence-electron chi connectivity index (χ1n) is 12.2. The third kappa shape index (κ3) is 8.52. The maximum absolute atomic E-state index is 13.5. The second-order valence-electron chi connectivity index (χ2n) is 9.47. The average Bonchev–Trinajstić information content (AvgIpc) is 2.77. The molecule has 2 rings (SSSR count). The van der Waals surface area contributed by atoms with Crippen molar-refractivity contribution in [2.45, 2.75) is 72.5 Å². The molecule has 9 heteroatoms. The summed E-state index contributed by atoms with van der Waals surface area (Å²) in [5.74, 6) is -0.389. The molecule has 36 heavy (non-hydrogen) atoms. The van der Waals surface area contributed by atoms with E-state index in [4.69, 9.17) is 11.6 Å². The molecule has 0 saturated carbocycles. The van der Waals surface area contributed by atoms with E-state index in [1.54, 1.807) is 23.1 Å². The van der Waals surface area contributed by atoms with E-state index in [9.17, 15) is 18.0 Å². The number of amides is 2. The summed E-state index contributed by atoms with van der Waals surface area (Å²) in [7, 11) is -3.59. The van der Waals surface area contributed by atoms with Crippen LogP contribution in [0.15, 0.2) is 42.5 Å². The van der Waals surface area contributed by atoms with Gasteiger partial charge < -0.3 is 10.2 Å². The fraction of sp³-hybridized carbons (Fsp3) is 0.481. The van der Waals surface area contributed by atoms with E-state index in [1.165, 1.54) is 4.31 Å². The minimum atomic E-state index is -3.59. The number of hydrogen-bond acceptors (Lipinski definition) is 4. The number of nitrogens with zero attached hydrogens (tertiary/aromatic N) is 2. The SMILES string of the molecule is CCC(C(=O)NC(C)C)N(Cc1cccc(C)c1)C(=O)CCCN(c1cc(Cl)ccc1C)S(C)(=O)=O. The van der Waals surface area contributed by atoms with Crippen LogP contribution in [0.1, 0.15) is 56.7 Å². The molecular weight excluding hydrogens is 498 g/mol. The zero-order valence-corrected chi connectivity index (χ0v) is 23.6. The van der Waals surface area contributed by atoms with Gasteiger partial charge in [-0.3, -0.25) is 13.9 Å². The minimum Gasteiger partial charge on any atom is -0.352 e. The minimum absolute atomic E-state index is 0.0493. The number of anilines is 1. The lowest BCUT2D eigenvalue weighted by atomic mass is 10.1. The van der Waals surface area contributed by atoms with Gasteiger partial charge in [0.05, 0.1) is 11.9 Å². The summed E-state index contributed by atoms with van der Waals surface area (Å²) in [5.41, 5.74) is 3.28. The van der Waals surface area contributed by atoms with Gasteiger partial charge in [-0.2, -0.15) is 0 Å². The first kappa shape index (κ1) is 29.6. The molecule has 0 bridgehead atoms. The Kier molecular flexibility index (Phi) is 10.8. The van der Waals surface area contributed by atoms with Gasteiger partial charge in [-0.1, -0.05) is 54.4 Å². The number of carbonyl (C=O) groups excluding carboxylic acids is 2. The highest BCUT2D eigenvalue weighted by Gasteiger charge is 2.29. The molecule has 0 fully saturated rings. The average molecular weight is 536 g/mol. The van der Waals surface area contributed by atoms with E-state index in [1.807, 2.05) is 58.9 Å². The maximum Gasteiger partial charge on any atom is 0.243 e. The van der Waals surface area contributed by atoms with Crippen molar-refractivity contribution in [3.63, 3.8) is 0 Å². The Morgan fingerprint density at radius 1 is 1.08 bits per heavy atom. The van der Waals surface area contributed by atoms with E-state index < -0.39 is 16.1 Å². The topological polar surface area (TPSA) is 86.8 Å². The van der Waals surface area contributed by atoms with Crippen LogP contribution in [0.5, 0.6) is 0 Å². The number of sulfonamides is 1. The molecule has 0 aromatic heterocycles. The molecule has 0 spiro atoms. The molecule has 0 radical (unpaired) electrons. The second-order valence-corrected chi connectivity index (χ2v) is 11.8. The summed E-state index contributed by atoms with van der Waals surface area (Å²) in [5, 5.41) is 3.36. The van der Waals surface area contributed by atoms with E-state index in [0.29, 0.717) is 30.1 Å². The van der Waals surface area contributed by atoms with Crippen LogP contribution in [0.25, 0.3) is 0 Å². The molecule has 0 aliphatic rings. The zero-order valence-electron chi connectivity index (χ0n) is 22.0. The van der Waals surface area contributed by atoms with Crippen LogP contribution >= 0.6 is 11.6 Å². The molecule has 1 atom stereocenters. The van der Waals surface area contributed by atoms with Crippen LogP contribution < -0.4 is 9.62 Å². The number of benzene rings is 2. The lowest BCUT2D eigenvalue weighted by Gasteiger charge is -2.32. The highest BCUT2D eigenvalue weighted by molar-refractivity contribution is 7.92. The lowest BCUT2D eigenvalue weighted by Crippen LogP contribution is -2.50. The van der Waals surface area contributed by atoms with Crippen molar-refractivity contribution >= 4 is 39.1 Å². The Hall–Kier alpha value is -2.58. The summed E-state index contributed by atoms with van der Waals surface area (Å²) in [4.78, 5) is 28.0. The first-order chi connectivity index (χ1) is 16.8. The molecule has 2 aromatic rings. The number of nitrogens with one attached hydrogen (secondary N) is 1. The number of hydrogen-bond donors (Lipinski definition) is 1. The molecule has 7 nitrogen and oxygen atoms in total. The Morgan fingerprint density at radius 2 is 1.78 bits per heavy atom. The maximum atomic E-state index is 13.5. The lowest BCUT2D eigenvalue weighted by molar-refractivity contribution is -0.141. The van der Waals surface area contributed by atoms with Crippen molar-refractivity contribution in [1.82, 2.24) is 10.2 Å². The molecule has 2 aromatic carbocycles. The Balaban J connectivity index is 2.25. The molecule has 0 aliphatic heterocycles. The Morgan fingerprint density at radius 3 is 2.36 bits per heavy atom. The summed E-state index contributed by atoms with van der Waals surface area (Å²) in [6.07, 6.45) is 2.00. The Labute approximate surface area is 220 Å². The predicted octanol–water partition coefficient (Wildman–Crippen LogP) is 4.84. The molecule has 2 amide bonds. The quantitative estimate of drug-likeness (QED) is 0.421. The monoisotopic (exact) mass is 535 g/mol. The van der Waals surface area contributed by atoms with Crippen molar-refractivity contribution in [2.75, 3.05) is 17.1 Å². The summed E-state index contributed by atoms with van der Waals surface area (Å²) < 4.78 is 26.4. The van der Waals surface area contributed by atoms with Crippen molar-refractivity contribution in [1.29, 1.82) is 0 Å². The fourth-order valence-electron chi connectivity index (χ4n) is 4.14. The summed E-state index contributed by atoms with van der Waals surface area (Å²) >= 11 is 6.12. The molecule has 0 saturated heterocycles. The number of halogens is 1. The second kappa shape index (κ2) is 13.1. The standard InChI is InChI=1S/C27H38ClN3O4S/c1-7-24(27(33)29-19(2)3)30(18-22-11-8-10-20(4)16-22)26(32)12-9-15-31(36(6,34)35)25-17-23(28)14-13-21(25)5/h8,10-11,13-14,16-17,19,24H,7,9,12,15,18H2,1-6H3,(H,29,33). The van der Waals surface area contributed by atoms with Crippen LogP contribution in [-0.4, -0.2) is 50.0 Å². The van der Waals surface area contributed by atoms with E-state index >= 15 is 0 Å². The highest BCUT2D eigenvalue weighted by Crippen LogP contribution is 2.27. The largest absolute Gasteiger partial charge is 0.352 e. The van der Waals surface area contributed by atoms with Gasteiger partial charge in [-0.05, 0) is 63.8 Å². The van der Waals surface area contributed by atoms with Gasteiger partial charge in [0.25, 0.3) is 0 Å². The van der Waals surface area contributed by atoms with Crippen LogP contribution in [0.4, 0.5) is 5.69 Å². The predicted molar refractivity (Wildman–Crippen MR) is 147 cm³/mol. The van der Waals surface area contributed by atoms with Crippen molar-refractivity contribution < 1.29 is 18.0 Å². The van der Waals surface area contributed by atoms with Crippen LogP contribution in [0.2, 0.25) is 5.02 Å². The van der Waals surface area contributed by atoms with Gasteiger partial charge in [0.2, 0.25) is 21.8 Å². The van der Waals surface area contributed by atoms with Crippen molar-refractivity contribution in [3.8, 4) is 0 Å². The van der Waals surface area contributed by atoms with Crippen molar-refractivity contribution in [3.05, 3.63) is 64.2 Å². The molecule has 1 N–H and O–H groups in total. The molecular formula is C27H38ClN3O4S. The van der Waals surface area contributed by atoms with E-state index in [-0.39, 0.29) is 30.8 Å². The van der Waals surface area contributed by atoms with Gasteiger partial charge in [0.15, 0.2) is 0 Å². The molecule has 0 heterocycles. The summed E-state index contributed by atoms with van der Waals surface area (Å²) in [6.45, 7) is 9.87. The van der Waals surface area contributed by atoms with Gasteiger partial charge in [-0.15, -0.1) is 0 Å². The smallest absolute Gasteiger partial charge is 0.243 e. The van der Waals surface area contributed by atoms with Crippen LogP contribution in [-0.2, 0) is 26.2 Å². The van der Waals surface area contributed by atoms with Gasteiger partial charge in [-0.25, -0.2) is 8.42 Å². The zero-order chi connectivity index (χ0) is 27.0. The van der Waals surface area contributed by atoms with Gasteiger partial charge in [0.1, 0.15) is 6.04 Å². The first-order valence-corrected chi connectivity index (χ1v) is 14.4. The third-order valence-electron chi connectivity index (χ3n) is 5.84. The molecule has 198 valence electrons. The van der Waals surface area contributed by atoms with Crippen LogP contribution in [0, 0.1) is 13.8 Å². The Bertz CT molecular complexity index is 1170. The van der Waals surface area contributed by atoms with Crippen molar-refractivity contribution in [2.24, 2.45) is 0 Å². The van der Waals surface area contributed by atoms with E-state index in [2.05, 4.69) is 5.32 Å². The molecule has 1 unspecified atom stereocenters. The van der Waals surface area contributed by atoms with Gasteiger partial charge in [0, 0.05) is 30.6 Å². The number of rotatable bonds is 12. The number of carbonyl (C=O) groups is 2. The van der Waals surface area contributed by atoms with Gasteiger partial charge >= 0.3 is 0 Å². The highest BCUT2D eigenvalue weighted by atomic mass is 35.5. The fourth-order valence-corrected chi connectivity index (χ4v) is 5.32. The van der Waals surface area contributed by atoms with Crippen LogP contribution in [0.3, 0.4) is 0 Å².